The number of hydrogen-bond donors (Lipinski definition) is 0. The van der Waals surface area contributed by atoms with Crippen LogP contribution in [0.15, 0.2) is 205 Å². The Bertz CT molecular complexity index is 2840. The van der Waals surface area contributed by atoms with Crippen LogP contribution < -0.4 is 4.90 Å². The normalized spacial score (nSPS) is 12.7. The highest BCUT2D eigenvalue weighted by atomic mass is 16.3. The van der Waals surface area contributed by atoms with Crippen molar-refractivity contribution < 1.29 is 4.42 Å². The van der Waals surface area contributed by atoms with Crippen LogP contribution in [-0.4, -0.2) is 0 Å². The summed E-state index contributed by atoms with van der Waals surface area (Å²) in [6.45, 7) is 4.72. The van der Waals surface area contributed by atoms with E-state index in [1.807, 2.05) is 6.07 Å². The number of para-hydroxylation sites is 1. The summed E-state index contributed by atoms with van der Waals surface area (Å²) in [7, 11) is 0. The molecule has 262 valence electrons. The molecule has 9 aromatic rings. The topological polar surface area (TPSA) is 16.4 Å². The molecule has 0 saturated carbocycles. The van der Waals surface area contributed by atoms with Crippen molar-refractivity contribution in [2.24, 2.45) is 0 Å². The lowest BCUT2D eigenvalue weighted by atomic mass is 9.81. The van der Waals surface area contributed by atoms with Crippen LogP contribution in [0.3, 0.4) is 0 Å². The summed E-state index contributed by atoms with van der Waals surface area (Å²) in [5.74, 6) is 0. The Morgan fingerprint density at radius 2 is 0.945 bits per heavy atom. The minimum absolute atomic E-state index is 0.218. The zero-order valence-corrected chi connectivity index (χ0v) is 30.9. The highest BCUT2D eigenvalue weighted by Crippen LogP contribution is 2.54. The molecule has 1 aromatic heterocycles. The Labute approximate surface area is 322 Å². The Balaban J connectivity index is 1.25. The summed E-state index contributed by atoms with van der Waals surface area (Å²) in [5.41, 5.74) is 17.1. The third kappa shape index (κ3) is 5.49. The zero-order chi connectivity index (χ0) is 36.9. The van der Waals surface area contributed by atoms with E-state index in [-0.39, 0.29) is 5.41 Å². The SMILES string of the molecule is CC1(C)c2ccccc2-c2cccc(N(c3cccc(C(=C(c4ccccc4)c4ccccc4)c4ccccc4)c3)c3ccc4c(c3)oc3ccccc34)c21. The minimum atomic E-state index is -0.218. The molecule has 0 aliphatic heterocycles. The Kier molecular flexibility index (Phi) is 7.85. The van der Waals surface area contributed by atoms with Crippen LogP contribution >= 0.6 is 0 Å². The molecule has 0 saturated heterocycles. The maximum absolute atomic E-state index is 6.51. The van der Waals surface area contributed by atoms with Crippen LogP contribution in [0, 0.1) is 0 Å². The molecule has 1 aliphatic rings. The molecule has 0 fully saturated rings. The fourth-order valence-electron chi connectivity index (χ4n) is 8.81. The Hall–Kier alpha value is -6.90. The van der Waals surface area contributed by atoms with Gasteiger partial charge < -0.3 is 9.32 Å². The number of rotatable bonds is 7. The standard InChI is InChI=1S/C53H39NO/c1-53(2)46-29-14-12-26-42(46)45-28-17-30-47(52(45)53)54(41-32-33-44-43-27-13-15-31-48(43)55-49(44)35-41)40-25-16-24-39(34-40)51(38-22-10-5-11-23-38)50(36-18-6-3-7-19-36)37-20-8-4-9-21-37/h3-35H,1-2H3. The molecule has 2 nitrogen and oxygen atoms in total. The number of anilines is 3. The molecule has 0 radical (unpaired) electrons. The van der Waals surface area contributed by atoms with Gasteiger partial charge in [0, 0.05) is 33.6 Å². The second-order valence-corrected chi connectivity index (χ2v) is 14.9. The van der Waals surface area contributed by atoms with Gasteiger partial charge in [-0.05, 0) is 92.1 Å². The molecule has 0 unspecified atom stereocenters. The molecule has 0 atom stereocenters. The van der Waals surface area contributed by atoms with Crippen LogP contribution in [0.2, 0.25) is 0 Å². The van der Waals surface area contributed by atoms with Gasteiger partial charge in [0.25, 0.3) is 0 Å². The molecule has 55 heavy (non-hydrogen) atoms. The lowest BCUT2D eigenvalue weighted by Gasteiger charge is -2.32. The molecular formula is C53H39NO. The van der Waals surface area contributed by atoms with Gasteiger partial charge in [-0.3, -0.25) is 0 Å². The average molecular weight is 706 g/mol. The lowest BCUT2D eigenvalue weighted by Crippen LogP contribution is -2.20. The molecule has 1 aliphatic carbocycles. The fourth-order valence-corrected chi connectivity index (χ4v) is 8.81. The first-order valence-corrected chi connectivity index (χ1v) is 19.0. The van der Waals surface area contributed by atoms with Gasteiger partial charge in [-0.15, -0.1) is 0 Å². The van der Waals surface area contributed by atoms with Crippen molar-refractivity contribution in [1.29, 1.82) is 0 Å². The first kappa shape index (κ1) is 32.7. The molecule has 0 spiro atoms. The summed E-state index contributed by atoms with van der Waals surface area (Å²) in [4.78, 5) is 2.44. The molecular weight excluding hydrogens is 667 g/mol. The van der Waals surface area contributed by atoms with Crippen LogP contribution in [0.5, 0.6) is 0 Å². The van der Waals surface area contributed by atoms with E-state index in [0.29, 0.717) is 0 Å². The van der Waals surface area contributed by atoms with E-state index < -0.39 is 0 Å². The predicted octanol–water partition coefficient (Wildman–Crippen LogP) is 14.4. The van der Waals surface area contributed by atoms with Gasteiger partial charge in [0.05, 0.1) is 5.69 Å². The zero-order valence-electron chi connectivity index (χ0n) is 30.9. The van der Waals surface area contributed by atoms with Gasteiger partial charge in [0.15, 0.2) is 0 Å². The number of fused-ring (bicyclic) bond motifs is 6. The Morgan fingerprint density at radius 1 is 0.418 bits per heavy atom. The summed E-state index contributed by atoms with van der Waals surface area (Å²) >= 11 is 0. The third-order valence-corrected chi connectivity index (χ3v) is 11.2. The fraction of sp³-hybridized carbons (Fsp3) is 0.0566. The van der Waals surface area contributed by atoms with E-state index in [9.17, 15) is 0 Å². The van der Waals surface area contributed by atoms with E-state index >= 15 is 0 Å². The maximum Gasteiger partial charge on any atom is 0.137 e. The number of hydrogen-bond acceptors (Lipinski definition) is 2. The van der Waals surface area contributed by atoms with Crippen molar-refractivity contribution in [1.82, 2.24) is 0 Å². The number of benzene rings is 8. The van der Waals surface area contributed by atoms with Crippen LogP contribution in [0.1, 0.15) is 47.2 Å². The molecule has 0 amide bonds. The second kappa shape index (κ2) is 13.2. The summed E-state index contributed by atoms with van der Waals surface area (Å²) in [6.07, 6.45) is 0. The highest BCUT2D eigenvalue weighted by molar-refractivity contribution is 6.07. The largest absolute Gasteiger partial charge is 0.456 e. The minimum Gasteiger partial charge on any atom is -0.456 e. The maximum atomic E-state index is 6.51. The smallest absolute Gasteiger partial charge is 0.137 e. The van der Waals surface area contributed by atoms with Crippen LogP contribution in [-0.2, 0) is 5.41 Å². The number of furan rings is 1. The van der Waals surface area contributed by atoms with E-state index in [1.165, 1.54) is 44.5 Å². The first-order valence-electron chi connectivity index (χ1n) is 19.0. The van der Waals surface area contributed by atoms with Crippen molar-refractivity contribution in [3.8, 4) is 11.1 Å². The van der Waals surface area contributed by atoms with Gasteiger partial charge in [-0.25, -0.2) is 0 Å². The van der Waals surface area contributed by atoms with Crippen LogP contribution in [0.25, 0.3) is 44.2 Å². The van der Waals surface area contributed by atoms with Crippen molar-refractivity contribution in [3.05, 3.63) is 234 Å². The second-order valence-electron chi connectivity index (χ2n) is 14.9. The van der Waals surface area contributed by atoms with Crippen molar-refractivity contribution >= 4 is 50.1 Å². The Morgan fingerprint density at radius 3 is 1.65 bits per heavy atom. The predicted molar refractivity (Wildman–Crippen MR) is 230 cm³/mol. The van der Waals surface area contributed by atoms with E-state index in [0.717, 1.165) is 50.1 Å². The van der Waals surface area contributed by atoms with E-state index in [4.69, 9.17) is 4.42 Å². The quantitative estimate of drug-likeness (QED) is 0.154. The molecule has 1 heterocycles. The summed E-state index contributed by atoms with van der Waals surface area (Å²) < 4.78 is 6.51. The van der Waals surface area contributed by atoms with Gasteiger partial charge in [-0.1, -0.05) is 172 Å². The van der Waals surface area contributed by atoms with Crippen molar-refractivity contribution in [2.75, 3.05) is 4.90 Å². The monoisotopic (exact) mass is 705 g/mol. The van der Waals surface area contributed by atoms with E-state index in [2.05, 4.69) is 213 Å². The average Bonchev–Trinajstić information content (AvgIpc) is 3.73. The van der Waals surface area contributed by atoms with Gasteiger partial charge >= 0.3 is 0 Å². The molecule has 0 N–H and O–H groups in total. The number of nitrogens with zero attached hydrogens (tertiary/aromatic N) is 1. The van der Waals surface area contributed by atoms with Gasteiger partial charge in [-0.2, -0.15) is 0 Å². The lowest BCUT2D eigenvalue weighted by molar-refractivity contribution is 0.660. The van der Waals surface area contributed by atoms with E-state index in [1.54, 1.807) is 0 Å². The molecule has 8 aromatic carbocycles. The molecule has 10 rings (SSSR count). The third-order valence-electron chi connectivity index (χ3n) is 11.2. The van der Waals surface area contributed by atoms with Gasteiger partial charge in [0.1, 0.15) is 11.2 Å². The highest BCUT2D eigenvalue weighted by Gasteiger charge is 2.38. The summed E-state index contributed by atoms with van der Waals surface area (Å²) in [5, 5.41) is 2.24. The van der Waals surface area contributed by atoms with Gasteiger partial charge in [0.2, 0.25) is 0 Å². The van der Waals surface area contributed by atoms with Crippen molar-refractivity contribution in [3.63, 3.8) is 0 Å². The first-order chi connectivity index (χ1) is 27.1. The summed E-state index contributed by atoms with van der Waals surface area (Å²) in [6, 6.07) is 72.1. The molecule has 2 heteroatoms. The van der Waals surface area contributed by atoms with Crippen molar-refractivity contribution in [2.45, 2.75) is 19.3 Å². The molecule has 0 bridgehead atoms. The van der Waals surface area contributed by atoms with Crippen LogP contribution in [0.4, 0.5) is 17.1 Å².